The van der Waals surface area contributed by atoms with E-state index in [1.807, 2.05) is 7.05 Å². The fourth-order valence-electron chi connectivity index (χ4n) is 2.13. The molecule has 0 aromatic rings. The Labute approximate surface area is 91.4 Å². The number of likely N-dealkylation sites (N-methyl/N-ethyl adjacent to an activating group) is 1. The van der Waals surface area contributed by atoms with Crippen molar-refractivity contribution in [3.8, 4) is 0 Å². The van der Waals surface area contributed by atoms with Crippen molar-refractivity contribution in [3.05, 3.63) is 0 Å². The van der Waals surface area contributed by atoms with Crippen molar-refractivity contribution in [2.75, 3.05) is 33.2 Å². The van der Waals surface area contributed by atoms with Crippen LogP contribution >= 0.6 is 0 Å². The van der Waals surface area contributed by atoms with E-state index >= 15 is 0 Å². The lowest BCUT2D eigenvalue weighted by atomic mass is 10.2. The summed E-state index contributed by atoms with van der Waals surface area (Å²) < 4.78 is 0. The third-order valence-corrected chi connectivity index (χ3v) is 3.51. The van der Waals surface area contributed by atoms with Crippen molar-refractivity contribution in [1.29, 1.82) is 0 Å². The Morgan fingerprint density at radius 3 is 2.53 bits per heavy atom. The monoisotopic (exact) mass is 211 g/mol. The number of rotatable bonds is 4. The molecule has 0 spiro atoms. The summed E-state index contributed by atoms with van der Waals surface area (Å²) in [4.78, 5) is 16.0. The highest BCUT2D eigenvalue weighted by Crippen LogP contribution is 2.33. The number of nitrogens with zero attached hydrogens (tertiary/aromatic N) is 2. The molecule has 1 aliphatic heterocycles. The van der Waals surface area contributed by atoms with E-state index in [4.69, 9.17) is 5.73 Å². The van der Waals surface area contributed by atoms with E-state index in [0.717, 1.165) is 25.9 Å². The summed E-state index contributed by atoms with van der Waals surface area (Å²) in [5.74, 6) is 0.127. The average Bonchev–Trinajstić information content (AvgIpc) is 2.80. The fraction of sp³-hybridized carbons (Fsp3) is 0.909. The van der Waals surface area contributed by atoms with Gasteiger partial charge in [-0.3, -0.25) is 4.79 Å². The zero-order valence-corrected chi connectivity index (χ0v) is 9.54. The van der Waals surface area contributed by atoms with Gasteiger partial charge in [0.25, 0.3) is 0 Å². The minimum Gasteiger partial charge on any atom is -0.343 e. The number of amides is 1. The second-order valence-electron chi connectivity index (χ2n) is 4.93. The Morgan fingerprint density at radius 1 is 1.40 bits per heavy atom. The van der Waals surface area contributed by atoms with Crippen molar-refractivity contribution >= 4 is 5.91 Å². The molecule has 1 amide bonds. The molecule has 0 radical (unpaired) electrons. The highest BCUT2D eigenvalue weighted by Gasteiger charge is 2.47. The lowest BCUT2D eigenvalue weighted by Gasteiger charge is -2.23. The number of likely N-dealkylation sites (tertiary alicyclic amines) is 1. The summed E-state index contributed by atoms with van der Waals surface area (Å²) in [5, 5.41) is 0. The first-order valence-electron chi connectivity index (χ1n) is 5.89. The van der Waals surface area contributed by atoms with E-state index < -0.39 is 5.54 Å². The largest absolute Gasteiger partial charge is 0.343 e. The molecule has 2 rings (SSSR count). The van der Waals surface area contributed by atoms with Crippen LogP contribution in [0.3, 0.4) is 0 Å². The van der Waals surface area contributed by atoms with Crippen molar-refractivity contribution in [1.82, 2.24) is 9.80 Å². The highest BCUT2D eigenvalue weighted by atomic mass is 16.2. The van der Waals surface area contributed by atoms with Crippen LogP contribution in [-0.2, 0) is 4.79 Å². The molecule has 86 valence electrons. The van der Waals surface area contributed by atoms with Crippen LogP contribution in [-0.4, -0.2) is 54.5 Å². The first kappa shape index (κ1) is 10.9. The van der Waals surface area contributed by atoms with Gasteiger partial charge in [-0.05, 0) is 38.8 Å². The lowest BCUT2D eigenvalue weighted by Crippen LogP contribution is -2.46. The van der Waals surface area contributed by atoms with Gasteiger partial charge in [0.1, 0.15) is 0 Å². The Kier molecular flexibility index (Phi) is 2.98. The Balaban J connectivity index is 1.71. The van der Waals surface area contributed by atoms with E-state index in [0.29, 0.717) is 0 Å². The molecule has 2 aliphatic rings. The van der Waals surface area contributed by atoms with Crippen LogP contribution in [0.4, 0.5) is 0 Å². The smallest absolute Gasteiger partial charge is 0.242 e. The summed E-state index contributed by atoms with van der Waals surface area (Å²) >= 11 is 0. The van der Waals surface area contributed by atoms with Gasteiger partial charge in [-0.15, -0.1) is 0 Å². The van der Waals surface area contributed by atoms with Crippen LogP contribution in [0.15, 0.2) is 0 Å². The summed E-state index contributed by atoms with van der Waals surface area (Å²) in [6, 6.07) is 0. The van der Waals surface area contributed by atoms with Crippen LogP contribution < -0.4 is 5.73 Å². The van der Waals surface area contributed by atoms with Crippen molar-refractivity contribution < 1.29 is 4.79 Å². The zero-order valence-electron chi connectivity index (χ0n) is 9.54. The average molecular weight is 211 g/mol. The van der Waals surface area contributed by atoms with Crippen LogP contribution in [0.1, 0.15) is 25.7 Å². The van der Waals surface area contributed by atoms with Crippen molar-refractivity contribution in [3.63, 3.8) is 0 Å². The summed E-state index contributed by atoms with van der Waals surface area (Å²) in [7, 11) is 1.87. The van der Waals surface area contributed by atoms with Gasteiger partial charge < -0.3 is 15.5 Å². The van der Waals surface area contributed by atoms with E-state index in [9.17, 15) is 4.79 Å². The second-order valence-corrected chi connectivity index (χ2v) is 4.93. The molecular formula is C11H21N3O. The van der Waals surface area contributed by atoms with E-state index in [1.165, 1.54) is 25.9 Å². The van der Waals surface area contributed by atoms with Gasteiger partial charge in [0.2, 0.25) is 5.91 Å². The Morgan fingerprint density at radius 2 is 2.00 bits per heavy atom. The molecule has 0 unspecified atom stereocenters. The molecule has 0 atom stereocenters. The standard InChI is InChI=1S/C11H21N3O/c1-13(10(15)11(12)4-5-11)8-9-14-6-2-3-7-14/h2-9,12H2,1H3. The van der Waals surface area contributed by atoms with Crippen LogP contribution in [0.5, 0.6) is 0 Å². The molecule has 1 aliphatic carbocycles. The SMILES string of the molecule is CN(CCN1CCCC1)C(=O)C1(N)CC1. The first-order chi connectivity index (χ1) is 7.12. The summed E-state index contributed by atoms with van der Waals surface area (Å²) in [6.45, 7) is 4.20. The van der Waals surface area contributed by atoms with Gasteiger partial charge in [0, 0.05) is 20.1 Å². The molecule has 1 saturated carbocycles. The van der Waals surface area contributed by atoms with Gasteiger partial charge in [-0.1, -0.05) is 0 Å². The van der Waals surface area contributed by atoms with Gasteiger partial charge in [0.15, 0.2) is 0 Å². The predicted molar refractivity (Wildman–Crippen MR) is 59.5 cm³/mol. The molecular weight excluding hydrogens is 190 g/mol. The maximum atomic E-state index is 11.8. The molecule has 15 heavy (non-hydrogen) atoms. The molecule has 1 saturated heterocycles. The quantitative estimate of drug-likeness (QED) is 0.714. The molecule has 0 aromatic heterocycles. The number of nitrogens with two attached hydrogens (primary N) is 1. The van der Waals surface area contributed by atoms with Gasteiger partial charge in [0.05, 0.1) is 5.54 Å². The molecule has 0 aromatic carbocycles. The predicted octanol–water partition coefficient (Wildman–Crippen LogP) is 0.0319. The normalized spacial score (nSPS) is 24.1. The van der Waals surface area contributed by atoms with Crippen molar-refractivity contribution in [2.45, 2.75) is 31.2 Å². The van der Waals surface area contributed by atoms with Gasteiger partial charge in [-0.2, -0.15) is 0 Å². The minimum absolute atomic E-state index is 0.127. The topological polar surface area (TPSA) is 49.6 Å². The fourth-order valence-corrected chi connectivity index (χ4v) is 2.13. The molecule has 4 heteroatoms. The maximum absolute atomic E-state index is 11.8. The molecule has 2 fully saturated rings. The van der Waals surface area contributed by atoms with Crippen LogP contribution in [0.2, 0.25) is 0 Å². The minimum atomic E-state index is -0.500. The van der Waals surface area contributed by atoms with Crippen LogP contribution in [0.25, 0.3) is 0 Å². The summed E-state index contributed by atoms with van der Waals surface area (Å²) in [5.41, 5.74) is 5.37. The van der Waals surface area contributed by atoms with E-state index in [1.54, 1.807) is 4.90 Å². The van der Waals surface area contributed by atoms with Crippen molar-refractivity contribution in [2.24, 2.45) is 5.73 Å². The lowest BCUT2D eigenvalue weighted by molar-refractivity contribution is -0.132. The number of hydrogen-bond donors (Lipinski definition) is 1. The van der Waals surface area contributed by atoms with Gasteiger partial charge >= 0.3 is 0 Å². The third kappa shape index (κ3) is 2.49. The second kappa shape index (κ2) is 4.10. The first-order valence-corrected chi connectivity index (χ1v) is 5.89. The Bertz CT molecular complexity index is 244. The van der Waals surface area contributed by atoms with E-state index in [2.05, 4.69) is 4.90 Å². The molecule has 4 nitrogen and oxygen atoms in total. The number of hydrogen-bond acceptors (Lipinski definition) is 3. The van der Waals surface area contributed by atoms with Crippen LogP contribution in [0, 0.1) is 0 Å². The number of carbonyl (C=O) groups is 1. The third-order valence-electron chi connectivity index (χ3n) is 3.51. The van der Waals surface area contributed by atoms with Gasteiger partial charge in [-0.25, -0.2) is 0 Å². The summed E-state index contributed by atoms with van der Waals surface area (Å²) in [6.07, 6.45) is 4.33. The molecule has 0 bridgehead atoms. The zero-order chi connectivity index (χ0) is 10.9. The molecule has 1 heterocycles. The highest BCUT2D eigenvalue weighted by molar-refractivity contribution is 5.88. The number of carbonyl (C=O) groups excluding carboxylic acids is 1. The maximum Gasteiger partial charge on any atom is 0.242 e. The molecule has 2 N–H and O–H groups in total. The van der Waals surface area contributed by atoms with E-state index in [-0.39, 0.29) is 5.91 Å². The Hall–Kier alpha value is -0.610.